The van der Waals surface area contributed by atoms with Crippen LogP contribution in [-0.2, 0) is 16.1 Å². The number of nitrogens with zero attached hydrogens (tertiary/aromatic N) is 2. The highest BCUT2D eigenvalue weighted by atomic mass is 32.1. The van der Waals surface area contributed by atoms with Gasteiger partial charge in [0.15, 0.2) is 0 Å². The first-order valence-corrected chi connectivity index (χ1v) is 9.88. The van der Waals surface area contributed by atoms with Gasteiger partial charge >= 0.3 is 0 Å². The molecule has 1 aliphatic carbocycles. The van der Waals surface area contributed by atoms with Crippen molar-refractivity contribution < 1.29 is 9.59 Å². The highest BCUT2D eigenvalue weighted by Gasteiger charge is 2.37. The molecule has 5 nitrogen and oxygen atoms in total. The van der Waals surface area contributed by atoms with Crippen molar-refractivity contribution in [2.45, 2.75) is 45.2 Å². The largest absolute Gasteiger partial charge is 0.355 e. The third-order valence-electron chi connectivity index (χ3n) is 5.21. The first-order chi connectivity index (χ1) is 11.6. The number of rotatable bonds is 2. The van der Waals surface area contributed by atoms with Gasteiger partial charge in [0.25, 0.3) is 0 Å². The molecule has 2 amide bonds. The maximum absolute atomic E-state index is 12.6. The van der Waals surface area contributed by atoms with Crippen LogP contribution in [0, 0.1) is 5.92 Å². The van der Waals surface area contributed by atoms with Crippen LogP contribution in [0.4, 0.5) is 0 Å². The first-order valence-electron chi connectivity index (χ1n) is 8.93. The van der Waals surface area contributed by atoms with Crippen molar-refractivity contribution in [1.82, 2.24) is 15.1 Å². The van der Waals surface area contributed by atoms with Gasteiger partial charge in [0.05, 0.1) is 5.92 Å². The summed E-state index contributed by atoms with van der Waals surface area (Å²) in [6.07, 6.45) is 3.85. The van der Waals surface area contributed by atoms with Crippen LogP contribution in [0.2, 0.25) is 0 Å². The van der Waals surface area contributed by atoms with Gasteiger partial charge in [-0.3, -0.25) is 14.5 Å². The van der Waals surface area contributed by atoms with Crippen LogP contribution in [-0.4, -0.2) is 53.8 Å². The van der Waals surface area contributed by atoms with Gasteiger partial charge in [-0.05, 0) is 41.7 Å². The second-order valence-corrected chi connectivity index (χ2v) is 7.65. The average molecular weight is 350 g/mol. The van der Waals surface area contributed by atoms with Gasteiger partial charge in [-0.1, -0.05) is 6.42 Å². The lowest BCUT2D eigenvalue weighted by Crippen LogP contribution is -2.46. The fourth-order valence-corrected chi connectivity index (χ4v) is 4.68. The molecular formula is C18H27N3O2S. The topological polar surface area (TPSA) is 52.7 Å². The third kappa shape index (κ3) is 4.16. The molecule has 2 atom stereocenters. The number of hydrogen-bond acceptors (Lipinski definition) is 4. The first kappa shape index (κ1) is 17.4. The Bertz CT molecular complexity index is 561. The van der Waals surface area contributed by atoms with Crippen molar-refractivity contribution in [3.8, 4) is 0 Å². The predicted octanol–water partition coefficient (Wildman–Crippen LogP) is 2.09. The van der Waals surface area contributed by atoms with Crippen molar-refractivity contribution in [1.29, 1.82) is 0 Å². The molecule has 1 aromatic heterocycles. The summed E-state index contributed by atoms with van der Waals surface area (Å²) >= 11 is 1.71. The van der Waals surface area contributed by atoms with Crippen LogP contribution in [0.15, 0.2) is 16.8 Å². The maximum atomic E-state index is 12.6. The van der Waals surface area contributed by atoms with Crippen LogP contribution in [0.5, 0.6) is 0 Å². The molecule has 1 aromatic rings. The Morgan fingerprint density at radius 2 is 2.17 bits per heavy atom. The number of carbonyl (C=O) groups excluding carboxylic acids is 2. The van der Waals surface area contributed by atoms with E-state index in [1.807, 2.05) is 4.90 Å². The van der Waals surface area contributed by atoms with Crippen LogP contribution in [0.1, 0.15) is 38.2 Å². The molecule has 0 radical (unpaired) electrons. The second-order valence-electron chi connectivity index (χ2n) is 6.87. The summed E-state index contributed by atoms with van der Waals surface area (Å²) in [6, 6.07) is 2.24. The quantitative estimate of drug-likeness (QED) is 0.889. The maximum Gasteiger partial charge on any atom is 0.225 e. The van der Waals surface area contributed by atoms with Crippen LogP contribution in [0.25, 0.3) is 0 Å². The molecule has 2 unspecified atom stereocenters. The molecule has 1 saturated carbocycles. The van der Waals surface area contributed by atoms with E-state index in [2.05, 4.69) is 27.0 Å². The lowest BCUT2D eigenvalue weighted by molar-refractivity contribution is -0.134. The van der Waals surface area contributed by atoms with E-state index in [1.165, 1.54) is 5.56 Å². The van der Waals surface area contributed by atoms with Crippen molar-refractivity contribution in [2.24, 2.45) is 5.92 Å². The Hall–Kier alpha value is -1.40. The number of carbonyl (C=O) groups is 2. The van der Waals surface area contributed by atoms with Crippen LogP contribution >= 0.6 is 11.3 Å². The van der Waals surface area contributed by atoms with Crippen LogP contribution < -0.4 is 5.32 Å². The molecule has 6 heteroatoms. The Labute approximate surface area is 148 Å². The summed E-state index contributed by atoms with van der Waals surface area (Å²) in [4.78, 5) is 29.0. The van der Waals surface area contributed by atoms with Gasteiger partial charge in [-0.25, -0.2) is 0 Å². The number of nitrogens with one attached hydrogen (secondary N) is 1. The molecule has 2 heterocycles. The number of thiophene rings is 1. The second kappa shape index (κ2) is 8.12. The molecule has 1 aliphatic heterocycles. The van der Waals surface area contributed by atoms with Crippen molar-refractivity contribution in [3.05, 3.63) is 22.4 Å². The highest BCUT2D eigenvalue weighted by molar-refractivity contribution is 7.07. The van der Waals surface area contributed by atoms with E-state index in [-0.39, 0.29) is 23.8 Å². The van der Waals surface area contributed by atoms with E-state index < -0.39 is 0 Å². The van der Waals surface area contributed by atoms with E-state index in [4.69, 9.17) is 0 Å². The van der Waals surface area contributed by atoms with Gasteiger partial charge in [0.2, 0.25) is 11.8 Å². The smallest absolute Gasteiger partial charge is 0.225 e. The van der Waals surface area contributed by atoms with Gasteiger partial charge in [0, 0.05) is 45.7 Å². The molecule has 2 aliphatic rings. The summed E-state index contributed by atoms with van der Waals surface area (Å²) in [7, 11) is 0. The minimum Gasteiger partial charge on any atom is -0.355 e. The average Bonchev–Trinajstić information content (AvgIpc) is 3.21. The molecule has 132 valence electrons. The lowest BCUT2D eigenvalue weighted by atomic mass is 10.0. The molecule has 0 bridgehead atoms. The Morgan fingerprint density at radius 3 is 2.92 bits per heavy atom. The zero-order valence-electron chi connectivity index (χ0n) is 14.4. The Morgan fingerprint density at radius 1 is 1.29 bits per heavy atom. The fraction of sp³-hybridized carbons (Fsp3) is 0.667. The molecule has 1 saturated heterocycles. The molecule has 3 rings (SSSR count). The zero-order chi connectivity index (χ0) is 16.9. The minimum absolute atomic E-state index is 0.0303. The van der Waals surface area contributed by atoms with Crippen molar-refractivity contribution in [2.75, 3.05) is 26.2 Å². The summed E-state index contributed by atoms with van der Waals surface area (Å²) in [6.45, 7) is 5.80. The monoisotopic (exact) mass is 349 g/mol. The molecular weight excluding hydrogens is 322 g/mol. The van der Waals surface area contributed by atoms with E-state index >= 15 is 0 Å². The van der Waals surface area contributed by atoms with Crippen molar-refractivity contribution >= 4 is 23.2 Å². The summed E-state index contributed by atoms with van der Waals surface area (Å²) in [5.41, 5.74) is 1.32. The molecule has 0 aromatic carbocycles. The molecule has 1 N–H and O–H groups in total. The lowest BCUT2D eigenvalue weighted by Gasteiger charge is -2.31. The highest BCUT2D eigenvalue weighted by Crippen LogP contribution is 2.30. The number of amides is 2. The minimum atomic E-state index is -0.0303. The standard InChI is InChI=1S/C18H27N3O2S/c1-14(22)21-9-3-8-20(12-15-6-11-24-13-15)10-7-19-18(23)16-4-2-5-17(16)21/h6,11,13,16-17H,2-5,7-10,12H2,1H3,(H,19,23). The van der Waals surface area contributed by atoms with E-state index in [0.717, 1.165) is 51.9 Å². The van der Waals surface area contributed by atoms with Gasteiger partial charge < -0.3 is 10.2 Å². The summed E-state index contributed by atoms with van der Waals surface area (Å²) in [5.74, 6) is 0.196. The van der Waals surface area contributed by atoms with Gasteiger partial charge in [-0.2, -0.15) is 11.3 Å². The summed E-state index contributed by atoms with van der Waals surface area (Å²) in [5, 5.41) is 7.38. The van der Waals surface area contributed by atoms with Gasteiger partial charge in [0.1, 0.15) is 0 Å². The summed E-state index contributed by atoms with van der Waals surface area (Å²) < 4.78 is 0. The fourth-order valence-electron chi connectivity index (χ4n) is 4.02. The molecule has 24 heavy (non-hydrogen) atoms. The number of hydrogen-bond donors (Lipinski definition) is 1. The van der Waals surface area contributed by atoms with Crippen molar-refractivity contribution in [3.63, 3.8) is 0 Å². The van der Waals surface area contributed by atoms with E-state index in [0.29, 0.717) is 6.54 Å². The predicted molar refractivity (Wildman–Crippen MR) is 95.7 cm³/mol. The number of fused-ring (bicyclic) bond motifs is 1. The van der Waals surface area contributed by atoms with E-state index in [9.17, 15) is 9.59 Å². The third-order valence-corrected chi connectivity index (χ3v) is 5.94. The molecule has 2 fully saturated rings. The normalized spacial score (nSPS) is 26.5. The van der Waals surface area contributed by atoms with E-state index in [1.54, 1.807) is 18.3 Å². The SMILES string of the molecule is CC(=O)N1CCCN(Cc2ccsc2)CCNC(=O)C2CCCC21. The van der Waals surface area contributed by atoms with Crippen LogP contribution in [0.3, 0.4) is 0 Å². The Kier molecular flexibility index (Phi) is 5.89. The van der Waals surface area contributed by atoms with Gasteiger partial charge in [-0.15, -0.1) is 0 Å². The zero-order valence-corrected chi connectivity index (χ0v) is 15.2. The molecule has 0 spiro atoms. The Balaban J connectivity index is 1.69.